The average Bonchev–Trinajstić information content (AvgIpc) is 2.79. The third kappa shape index (κ3) is 7.20. The minimum atomic E-state index is -0.187. The second kappa shape index (κ2) is 11.8. The van der Waals surface area contributed by atoms with E-state index in [1.54, 1.807) is 18.2 Å². The molecule has 1 aliphatic heterocycles. The van der Waals surface area contributed by atoms with Gasteiger partial charge in [0.1, 0.15) is 5.75 Å². The normalized spacial score (nSPS) is 16.6. The summed E-state index contributed by atoms with van der Waals surface area (Å²) in [6.07, 6.45) is 3.00. The summed E-state index contributed by atoms with van der Waals surface area (Å²) < 4.78 is 0. The molecular weight excluding hydrogens is 390 g/mol. The number of carbonyl (C=O) groups is 1. The zero-order chi connectivity index (χ0) is 21.9. The van der Waals surface area contributed by atoms with Crippen molar-refractivity contribution in [2.75, 3.05) is 37.6 Å². The fourth-order valence-electron chi connectivity index (χ4n) is 3.70. The van der Waals surface area contributed by atoms with Gasteiger partial charge in [-0.1, -0.05) is 24.3 Å². The number of phenols is 1. The van der Waals surface area contributed by atoms with E-state index in [0.717, 1.165) is 44.9 Å². The zero-order valence-electron chi connectivity index (χ0n) is 18.2. The van der Waals surface area contributed by atoms with E-state index in [9.17, 15) is 9.90 Å². The number of hydrogen-bond donors (Lipinski definition) is 4. The van der Waals surface area contributed by atoms with Crippen LogP contribution in [-0.2, 0) is 0 Å². The number of amides is 1. The van der Waals surface area contributed by atoms with E-state index in [1.165, 1.54) is 11.8 Å². The van der Waals surface area contributed by atoms with E-state index in [-0.39, 0.29) is 11.7 Å². The molecule has 166 valence electrons. The molecule has 0 radical (unpaired) electrons. The van der Waals surface area contributed by atoms with Gasteiger partial charge in [0.15, 0.2) is 5.96 Å². The van der Waals surface area contributed by atoms with Crippen LogP contribution in [0.4, 0.5) is 5.69 Å². The second-order valence-electron chi connectivity index (χ2n) is 7.69. The topological polar surface area (TPSA) is 89.0 Å². The number of nitrogens with one attached hydrogen (secondary N) is 3. The lowest BCUT2D eigenvalue weighted by molar-refractivity contribution is 0.0953. The molecule has 0 aliphatic carbocycles. The lowest BCUT2D eigenvalue weighted by Gasteiger charge is -2.35. The predicted octanol–water partition coefficient (Wildman–Crippen LogP) is 2.74. The van der Waals surface area contributed by atoms with Gasteiger partial charge >= 0.3 is 0 Å². The Morgan fingerprint density at radius 2 is 2.00 bits per heavy atom. The van der Waals surface area contributed by atoms with Gasteiger partial charge < -0.3 is 26.0 Å². The van der Waals surface area contributed by atoms with Crippen LogP contribution in [0.2, 0.25) is 0 Å². The number of aromatic hydroxyl groups is 1. The molecule has 2 aromatic carbocycles. The zero-order valence-corrected chi connectivity index (χ0v) is 18.2. The van der Waals surface area contributed by atoms with E-state index < -0.39 is 0 Å². The van der Waals surface area contributed by atoms with E-state index in [0.29, 0.717) is 24.7 Å². The maximum Gasteiger partial charge on any atom is 0.251 e. The molecule has 7 nitrogen and oxygen atoms in total. The largest absolute Gasteiger partial charge is 0.508 e. The average molecular weight is 424 g/mol. The lowest BCUT2D eigenvalue weighted by Crippen LogP contribution is -2.51. The number of para-hydroxylation sites is 1. The van der Waals surface area contributed by atoms with Crippen LogP contribution in [0.3, 0.4) is 0 Å². The van der Waals surface area contributed by atoms with E-state index in [2.05, 4.69) is 57.0 Å². The standard InChI is InChI=1S/C24H33N5O2/c1-2-25-24(27-15-8-14-26-23(31)19-9-6-13-22(30)17-19)28-20-10-7-16-29(18-20)21-11-4-3-5-12-21/h3-6,9,11-13,17,20,30H,2,7-8,10,14-16,18H2,1H3,(H,26,31)(H2,25,27,28). The van der Waals surface area contributed by atoms with E-state index in [4.69, 9.17) is 0 Å². The molecule has 2 aromatic rings. The molecule has 3 rings (SSSR count). The van der Waals surface area contributed by atoms with Crippen molar-refractivity contribution >= 4 is 17.6 Å². The molecule has 7 heteroatoms. The molecular formula is C24H33N5O2. The van der Waals surface area contributed by atoms with Crippen molar-refractivity contribution in [1.29, 1.82) is 0 Å². The number of anilines is 1. The number of nitrogens with zero attached hydrogens (tertiary/aromatic N) is 2. The number of carbonyl (C=O) groups excluding carboxylic acids is 1. The number of phenolic OH excluding ortho intramolecular Hbond substituents is 1. The van der Waals surface area contributed by atoms with Crippen LogP contribution in [0.1, 0.15) is 36.5 Å². The minimum Gasteiger partial charge on any atom is -0.508 e. The van der Waals surface area contributed by atoms with Gasteiger partial charge in [0, 0.05) is 50.0 Å². The van der Waals surface area contributed by atoms with Crippen LogP contribution in [0.25, 0.3) is 0 Å². The number of hydrogen-bond acceptors (Lipinski definition) is 4. The quantitative estimate of drug-likeness (QED) is 0.298. The Labute approximate surface area is 184 Å². The number of guanidine groups is 1. The Balaban J connectivity index is 1.44. The number of rotatable bonds is 8. The van der Waals surface area contributed by atoms with Crippen molar-refractivity contribution in [1.82, 2.24) is 16.0 Å². The summed E-state index contributed by atoms with van der Waals surface area (Å²) in [6.45, 7) is 6.04. The van der Waals surface area contributed by atoms with Crippen LogP contribution in [0, 0.1) is 0 Å². The molecule has 1 fully saturated rings. The first-order valence-electron chi connectivity index (χ1n) is 11.1. The minimum absolute atomic E-state index is 0.0900. The van der Waals surface area contributed by atoms with Gasteiger partial charge in [-0.05, 0) is 56.5 Å². The molecule has 0 spiro atoms. The van der Waals surface area contributed by atoms with Crippen LogP contribution < -0.4 is 20.9 Å². The fraction of sp³-hybridized carbons (Fsp3) is 0.417. The summed E-state index contributed by atoms with van der Waals surface area (Å²) in [6, 6.07) is 17.2. The molecule has 1 heterocycles. The Morgan fingerprint density at radius 1 is 1.16 bits per heavy atom. The molecule has 1 aliphatic rings. The summed E-state index contributed by atoms with van der Waals surface area (Å²) in [7, 11) is 0. The van der Waals surface area contributed by atoms with E-state index in [1.807, 2.05) is 6.07 Å². The van der Waals surface area contributed by atoms with Gasteiger partial charge in [-0.3, -0.25) is 9.79 Å². The second-order valence-corrected chi connectivity index (χ2v) is 7.69. The van der Waals surface area contributed by atoms with Gasteiger partial charge in [0.25, 0.3) is 5.91 Å². The van der Waals surface area contributed by atoms with Gasteiger partial charge in [0.05, 0.1) is 0 Å². The van der Waals surface area contributed by atoms with Crippen molar-refractivity contribution in [3.63, 3.8) is 0 Å². The van der Waals surface area contributed by atoms with Crippen LogP contribution in [0.15, 0.2) is 59.6 Å². The van der Waals surface area contributed by atoms with Crippen LogP contribution >= 0.6 is 0 Å². The smallest absolute Gasteiger partial charge is 0.251 e. The maximum absolute atomic E-state index is 12.1. The Kier molecular flexibility index (Phi) is 8.58. The summed E-state index contributed by atoms with van der Waals surface area (Å²) in [5.74, 6) is 0.724. The highest BCUT2D eigenvalue weighted by Crippen LogP contribution is 2.19. The lowest BCUT2D eigenvalue weighted by atomic mass is 10.1. The molecule has 1 saturated heterocycles. The van der Waals surface area contributed by atoms with Crippen molar-refractivity contribution in [3.8, 4) is 5.75 Å². The summed E-state index contributed by atoms with van der Waals surface area (Å²) in [4.78, 5) is 19.2. The van der Waals surface area contributed by atoms with Crippen molar-refractivity contribution < 1.29 is 9.90 Å². The van der Waals surface area contributed by atoms with Crippen molar-refractivity contribution in [2.45, 2.75) is 32.2 Å². The molecule has 4 N–H and O–H groups in total. The Morgan fingerprint density at radius 3 is 2.77 bits per heavy atom. The monoisotopic (exact) mass is 423 g/mol. The third-order valence-corrected chi connectivity index (χ3v) is 5.23. The first-order valence-corrected chi connectivity index (χ1v) is 11.1. The molecule has 0 saturated carbocycles. The van der Waals surface area contributed by atoms with Gasteiger partial charge in [-0.15, -0.1) is 0 Å². The Bertz CT molecular complexity index is 856. The predicted molar refractivity (Wildman–Crippen MR) is 126 cm³/mol. The molecule has 1 atom stereocenters. The van der Waals surface area contributed by atoms with Crippen LogP contribution in [-0.4, -0.2) is 55.7 Å². The molecule has 1 amide bonds. The fourth-order valence-corrected chi connectivity index (χ4v) is 3.70. The van der Waals surface area contributed by atoms with E-state index >= 15 is 0 Å². The number of benzene rings is 2. The molecule has 0 aromatic heterocycles. The SMILES string of the molecule is CCNC(=NCCCNC(=O)c1cccc(O)c1)NC1CCCN(c2ccccc2)C1. The van der Waals surface area contributed by atoms with Crippen LogP contribution in [0.5, 0.6) is 5.75 Å². The van der Waals surface area contributed by atoms with Gasteiger partial charge in [-0.2, -0.15) is 0 Å². The summed E-state index contributed by atoms with van der Waals surface area (Å²) in [5.41, 5.74) is 1.72. The highest BCUT2D eigenvalue weighted by atomic mass is 16.3. The van der Waals surface area contributed by atoms with Crippen molar-refractivity contribution in [2.24, 2.45) is 4.99 Å². The summed E-state index contributed by atoms with van der Waals surface area (Å²) in [5, 5.41) is 19.2. The first-order chi connectivity index (χ1) is 15.2. The van der Waals surface area contributed by atoms with Gasteiger partial charge in [0.2, 0.25) is 0 Å². The Hall–Kier alpha value is -3.22. The summed E-state index contributed by atoms with van der Waals surface area (Å²) >= 11 is 0. The third-order valence-electron chi connectivity index (χ3n) is 5.23. The number of aliphatic imine (C=N–C) groups is 1. The molecule has 1 unspecified atom stereocenters. The molecule has 0 bridgehead atoms. The molecule has 31 heavy (non-hydrogen) atoms. The number of piperidine rings is 1. The first kappa shape index (κ1) is 22.5. The highest BCUT2D eigenvalue weighted by molar-refractivity contribution is 5.94. The highest BCUT2D eigenvalue weighted by Gasteiger charge is 2.20. The van der Waals surface area contributed by atoms with Gasteiger partial charge in [-0.25, -0.2) is 0 Å². The maximum atomic E-state index is 12.1. The van der Waals surface area contributed by atoms with Crippen molar-refractivity contribution in [3.05, 3.63) is 60.2 Å².